The third kappa shape index (κ3) is 4.56. The van der Waals surface area contributed by atoms with Crippen molar-refractivity contribution in [3.05, 3.63) is 35.9 Å². The standard InChI is InChI=1S/C23H37N3O4S/c1-24(2)23(20-7-5-4-6-8-20)11-9-22(10-12-23)18-25(13-14-31(3,28)29)21(27)26(22)15-19-16-30-17-19/h4-8,19,21,27H,9-18H2,1-3H3/t21?,22-,23+. The van der Waals surface area contributed by atoms with Crippen molar-refractivity contribution in [2.75, 3.05) is 59.0 Å². The molecule has 0 aromatic heterocycles. The van der Waals surface area contributed by atoms with E-state index in [0.717, 1.165) is 52.0 Å². The second-order valence-corrected chi connectivity index (χ2v) is 12.3. The number of ether oxygens (including phenoxy) is 1. The van der Waals surface area contributed by atoms with Gasteiger partial charge in [0.15, 0.2) is 6.35 Å². The van der Waals surface area contributed by atoms with Crippen LogP contribution in [-0.2, 0) is 20.1 Å². The average molecular weight is 452 g/mol. The Morgan fingerprint density at radius 1 is 1.13 bits per heavy atom. The Balaban J connectivity index is 1.56. The first kappa shape index (κ1) is 23.1. The maximum absolute atomic E-state index is 11.8. The van der Waals surface area contributed by atoms with Crippen LogP contribution >= 0.6 is 0 Å². The SMILES string of the molecule is CN(C)[C@]1(c2ccccc2)CC[C@]2(CC1)CN(CCS(C)(=O)=O)C(O)N2CC1COC1. The van der Waals surface area contributed by atoms with Gasteiger partial charge in [-0.25, -0.2) is 8.42 Å². The summed E-state index contributed by atoms with van der Waals surface area (Å²) in [7, 11) is 1.25. The van der Waals surface area contributed by atoms with Gasteiger partial charge in [-0.1, -0.05) is 30.3 Å². The molecule has 1 atom stereocenters. The molecule has 1 aromatic rings. The third-order valence-corrected chi connectivity index (χ3v) is 8.72. The first-order valence-electron chi connectivity index (χ1n) is 11.3. The molecule has 1 saturated carbocycles. The van der Waals surface area contributed by atoms with Crippen LogP contribution in [0, 0.1) is 5.92 Å². The fourth-order valence-electron chi connectivity index (χ4n) is 5.74. The van der Waals surface area contributed by atoms with Crippen molar-refractivity contribution in [3.8, 4) is 0 Å². The summed E-state index contributed by atoms with van der Waals surface area (Å²) in [6.07, 6.45) is 4.49. The minimum absolute atomic E-state index is 0.0110. The summed E-state index contributed by atoms with van der Waals surface area (Å²) in [6, 6.07) is 10.7. The van der Waals surface area contributed by atoms with Crippen LogP contribution in [0.4, 0.5) is 0 Å². The molecular weight excluding hydrogens is 414 g/mol. The van der Waals surface area contributed by atoms with E-state index in [4.69, 9.17) is 4.74 Å². The van der Waals surface area contributed by atoms with Gasteiger partial charge in [0.1, 0.15) is 9.84 Å². The molecule has 7 nitrogen and oxygen atoms in total. The minimum Gasteiger partial charge on any atom is -0.381 e. The van der Waals surface area contributed by atoms with Crippen molar-refractivity contribution in [1.29, 1.82) is 0 Å². The van der Waals surface area contributed by atoms with E-state index in [-0.39, 0.29) is 16.8 Å². The topological polar surface area (TPSA) is 73.3 Å². The lowest BCUT2D eigenvalue weighted by Gasteiger charge is -2.52. The van der Waals surface area contributed by atoms with Crippen LogP contribution in [0.5, 0.6) is 0 Å². The highest BCUT2D eigenvalue weighted by atomic mass is 32.2. The number of nitrogens with zero attached hydrogens (tertiary/aromatic N) is 3. The van der Waals surface area contributed by atoms with Gasteiger partial charge < -0.3 is 9.84 Å². The Morgan fingerprint density at radius 2 is 1.77 bits per heavy atom. The lowest BCUT2D eigenvalue weighted by molar-refractivity contribution is -0.125. The van der Waals surface area contributed by atoms with Gasteiger partial charge in [-0.2, -0.15) is 0 Å². The number of sulfone groups is 1. The lowest BCUT2D eigenvalue weighted by Crippen LogP contribution is -2.58. The van der Waals surface area contributed by atoms with Crippen LogP contribution in [0.1, 0.15) is 31.2 Å². The smallest absolute Gasteiger partial charge is 0.166 e. The van der Waals surface area contributed by atoms with Crippen molar-refractivity contribution < 1.29 is 18.3 Å². The van der Waals surface area contributed by atoms with E-state index in [2.05, 4.69) is 54.2 Å². The van der Waals surface area contributed by atoms with Crippen molar-refractivity contribution in [1.82, 2.24) is 14.7 Å². The van der Waals surface area contributed by atoms with E-state index in [9.17, 15) is 13.5 Å². The molecule has 174 valence electrons. The first-order chi connectivity index (χ1) is 14.7. The van der Waals surface area contributed by atoms with Crippen LogP contribution in [-0.4, -0.2) is 99.1 Å². The van der Waals surface area contributed by atoms with Crippen molar-refractivity contribution in [2.45, 2.75) is 43.1 Å². The predicted molar refractivity (Wildman–Crippen MR) is 121 cm³/mol. The highest BCUT2D eigenvalue weighted by Gasteiger charge is 2.55. The molecule has 31 heavy (non-hydrogen) atoms. The average Bonchev–Trinajstić information content (AvgIpc) is 2.95. The Bertz CT molecular complexity index is 849. The highest BCUT2D eigenvalue weighted by molar-refractivity contribution is 7.90. The minimum atomic E-state index is -3.08. The lowest BCUT2D eigenvalue weighted by atomic mass is 9.68. The van der Waals surface area contributed by atoms with Gasteiger partial charge in [-0.05, 0) is 45.3 Å². The van der Waals surface area contributed by atoms with Crippen molar-refractivity contribution in [2.24, 2.45) is 5.92 Å². The molecule has 2 aliphatic heterocycles. The molecule has 3 aliphatic rings. The maximum Gasteiger partial charge on any atom is 0.166 e. The van der Waals surface area contributed by atoms with Crippen molar-refractivity contribution >= 4 is 9.84 Å². The van der Waals surface area contributed by atoms with Gasteiger partial charge >= 0.3 is 0 Å². The third-order valence-electron chi connectivity index (χ3n) is 7.80. The molecule has 0 radical (unpaired) electrons. The molecule has 1 unspecified atom stereocenters. The number of aliphatic hydroxyl groups is 1. The molecular formula is C23H37N3O4S. The summed E-state index contributed by atoms with van der Waals surface area (Å²) in [4.78, 5) is 6.57. The fraction of sp³-hybridized carbons (Fsp3) is 0.739. The molecule has 4 rings (SSSR count). The van der Waals surface area contributed by atoms with Crippen LogP contribution in [0.3, 0.4) is 0 Å². The number of benzene rings is 1. The largest absolute Gasteiger partial charge is 0.381 e. The molecule has 0 bridgehead atoms. The molecule has 1 aromatic carbocycles. The Labute approximate surface area is 186 Å². The summed E-state index contributed by atoms with van der Waals surface area (Å²) >= 11 is 0. The first-order valence-corrected chi connectivity index (χ1v) is 13.4. The normalized spacial score (nSPS) is 33.3. The number of rotatable bonds is 7. The highest BCUT2D eigenvalue weighted by Crippen LogP contribution is 2.49. The second kappa shape index (κ2) is 8.72. The number of hydrogen-bond acceptors (Lipinski definition) is 7. The van der Waals surface area contributed by atoms with Crippen LogP contribution < -0.4 is 0 Å². The summed E-state index contributed by atoms with van der Waals surface area (Å²) in [5.74, 6) is 0.516. The van der Waals surface area contributed by atoms with E-state index in [1.165, 1.54) is 11.8 Å². The van der Waals surface area contributed by atoms with Crippen molar-refractivity contribution in [3.63, 3.8) is 0 Å². The molecule has 2 heterocycles. The van der Waals surface area contributed by atoms with Gasteiger partial charge in [-0.3, -0.25) is 14.7 Å². The molecule has 1 N–H and O–H groups in total. The maximum atomic E-state index is 11.8. The molecule has 3 fully saturated rings. The monoisotopic (exact) mass is 451 g/mol. The molecule has 1 spiro atoms. The zero-order chi connectivity index (χ0) is 22.3. The van der Waals surface area contributed by atoms with E-state index >= 15 is 0 Å². The Morgan fingerprint density at radius 3 is 2.29 bits per heavy atom. The van der Waals surface area contributed by atoms with Gasteiger partial charge in [0.2, 0.25) is 0 Å². The summed E-state index contributed by atoms with van der Waals surface area (Å²) < 4.78 is 28.9. The Hall–Kier alpha value is -1.03. The van der Waals surface area contributed by atoms with Crippen LogP contribution in [0.25, 0.3) is 0 Å². The van der Waals surface area contributed by atoms with Crippen LogP contribution in [0.15, 0.2) is 30.3 Å². The summed E-state index contributed by atoms with van der Waals surface area (Å²) in [5.41, 5.74) is 1.21. The van der Waals surface area contributed by atoms with Gasteiger partial charge in [0.25, 0.3) is 0 Å². The van der Waals surface area contributed by atoms with E-state index in [0.29, 0.717) is 12.5 Å². The second-order valence-electron chi connectivity index (χ2n) is 10.0. The van der Waals surface area contributed by atoms with E-state index in [1.807, 2.05) is 4.90 Å². The Kier molecular flexibility index (Phi) is 6.51. The van der Waals surface area contributed by atoms with E-state index in [1.54, 1.807) is 0 Å². The van der Waals surface area contributed by atoms with Gasteiger partial charge in [0, 0.05) is 42.9 Å². The molecule has 0 amide bonds. The fourth-order valence-corrected chi connectivity index (χ4v) is 6.31. The van der Waals surface area contributed by atoms with Crippen LogP contribution in [0.2, 0.25) is 0 Å². The summed E-state index contributed by atoms with van der Waals surface area (Å²) in [5, 5.41) is 11.2. The predicted octanol–water partition coefficient (Wildman–Crippen LogP) is 1.34. The molecule has 1 aliphatic carbocycles. The molecule has 8 heteroatoms. The van der Waals surface area contributed by atoms with Gasteiger partial charge in [0.05, 0.1) is 19.0 Å². The zero-order valence-corrected chi connectivity index (χ0v) is 19.9. The number of hydrogen-bond donors (Lipinski definition) is 1. The summed E-state index contributed by atoms with van der Waals surface area (Å²) in [6.45, 7) is 3.38. The quantitative estimate of drug-likeness (QED) is 0.671. The zero-order valence-electron chi connectivity index (χ0n) is 19.0. The molecule has 2 saturated heterocycles. The van der Waals surface area contributed by atoms with E-state index < -0.39 is 16.2 Å². The number of aliphatic hydroxyl groups excluding tert-OH is 1. The van der Waals surface area contributed by atoms with Gasteiger partial charge in [-0.15, -0.1) is 0 Å².